The highest BCUT2D eigenvalue weighted by Crippen LogP contribution is 2.29. The predicted octanol–water partition coefficient (Wildman–Crippen LogP) is 3.78. The summed E-state index contributed by atoms with van der Waals surface area (Å²) in [5, 5.41) is 4.19. The van der Waals surface area contributed by atoms with E-state index in [4.69, 9.17) is 4.74 Å². The van der Waals surface area contributed by atoms with Crippen molar-refractivity contribution in [3.05, 3.63) is 41.5 Å². The van der Waals surface area contributed by atoms with Crippen LogP contribution in [-0.4, -0.2) is 42.3 Å². The lowest BCUT2D eigenvalue weighted by Gasteiger charge is -2.33. The van der Waals surface area contributed by atoms with Crippen LogP contribution in [0.3, 0.4) is 0 Å². The fraction of sp³-hybridized carbons (Fsp3) is 0.500. The third-order valence-corrected chi connectivity index (χ3v) is 6.03. The lowest BCUT2D eigenvalue weighted by atomic mass is 10.1. The van der Waals surface area contributed by atoms with Gasteiger partial charge in [0.05, 0.1) is 7.11 Å². The normalized spacial score (nSPS) is 17.8. The van der Waals surface area contributed by atoms with Gasteiger partial charge >= 0.3 is 0 Å². The lowest BCUT2D eigenvalue weighted by molar-refractivity contribution is 0.389. The number of hydrogen-bond acceptors (Lipinski definition) is 6. The molecule has 1 aliphatic carbocycles. The molecular formula is C20H24F2N4OS. The average Bonchev–Trinajstić information content (AvgIpc) is 3.53. The average molecular weight is 407 g/mol. The number of ether oxygens (including phenoxy) is 1. The Balaban J connectivity index is 1.43. The molecule has 0 spiro atoms. The fourth-order valence-electron chi connectivity index (χ4n) is 3.38. The summed E-state index contributed by atoms with van der Waals surface area (Å²) >= 11 is 1.27. The van der Waals surface area contributed by atoms with Crippen LogP contribution in [0.15, 0.2) is 29.4 Å². The second-order valence-corrected chi connectivity index (χ2v) is 8.20. The molecule has 1 saturated heterocycles. The number of thioether (sulfide) groups is 1. The molecule has 1 aromatic heterocycles. The molecular weight excluding hydrogens is 382 g/mol. The first-order valence-electron chi connectivity index (χ1n) is 9.62. The molecule has 4 rings (SSSR count). The fourth-order valence-corrected chi connectivity index (χ4v) is 4.20. The Kier molecular flexibility index (Phi) is 5.96. The number of piperidine rings is 1. The second kappa shape index (κ2) is 8.61. The molecule has 1 aliphatic heterocycles. The van der Waals surface area contributed by atoms with Gasteiger partial charge in [0, 0.05) is 42.6 Å². The monoisotopic (exact) mass is 406 g/mol. The zero-order valence-electron chi connectivity index (χ0n) is 15.8. The lowest BCUT2D eigenvalue weighted by Crippen LogP contribution is -2.43. The molecule has 2 fully saturated rings. The van der Waals surface area contributed by atoms with Crippen molar-refractivity contribution in [1.29, 1.82) is 0 Å². The molecule has 1 saturated carbocycles. The summed E-state index contributed by atoms with van der Waals surface area (Å²) in [6, 6.07) is 7.34. The van der Waals surface area contributed by atoms with Gasteiger partial charge in [-0.1, -0.05) is 23.9 Å². The minimum absolute atomic E-state index is 0.254. The van der Waals surface area contributed by atoms with E-state index >= 15 is 0 Å². The second-order valence-electron chi connectivity index (χ2n) is 7.25. The molecule has 150 valence electrons. The molecule has 0 radical (unpaired) electrons. The number of halogens is 2. The number of rotatable bonds is 7. The number of methoxy groups -OCH3 is 1. The van der Waals surface area contributed by atoms with Gasteiger partial charge in [-0.05, 0) is 31.7 Å². The maximum Gasteiger partial charge on any atom is 0.219 e. The van der Waals surface area contributed by atoms with Crippen molar-refractivity contribution in [3.63, 3.8) is 0 Å². The van der Waals surface area contributed by atoms with Crippen molar-refractivity contribution in [3.8, 4) is 5.88 Å². The van der Waals surface area contributed by atoms with Crippen molar-refractivity contribution < 1.29 is 13.5 Å². The number of benzene rings is 1. The van der Waals surface area contributed by atoms with Gasteiger partial charge in [-0.3, -0.25) is 0 Å². The quantitative estimate of drug-likeness (QED) is 0.558. The first kappa shape index (κ1) is 19.4. The highest BCUT2D eigenvalue weighted by atomic mass is 32.2. The van der Waals surface area contributed by atoms with Crippen molar-refractivity contribution in [2.24, 2.45) is 0 Å². The predicted molar refractivity (Wildman–Crippen MR) is 106 cm³/mol. The van der Waals surface area contributed by atoms with E-state index in [0.717, 1.165) is 43.9 Å². The van der Waals surface area contributed by atoms with Gasteiger partial charge < -0.3 is 15.0 Å². The van der Waals surface area contributed by atoms with Crippen molar-refractivity contribution >= 4 is 17.6 Å². The first-order chi connectivity index (χ1) is 13.6. The number of nitrogens with zero attached hydrogens (tertiary/aromatic N) is 3. The Morgan fingerprint density at radius 1 is 1.14 bits per heavy atom. The van der Waals surface area contributed by atoms with Crippen LogP contribution in [0.2, 0.25) is 0 Å². The SMILES string of the molecule is COc1cc(N2CCC(NC3CC3)CC2)nc(SCc2cccc(F)c2F)n1. The van der Waals surface area contributed by atoms with Gasteiger partial charge in [0.25, 0.3) is 0 Å². The van der Waals surface area contributed by atoms with Crippen LogP contribution < -0.4 is 15.0 Å². The van der Waals surface area contributed by atoms with E-state index in [2.05, 4.69) is 20.2 Å². The number of aromatic nitrogens is 2. The first-order valence-corrected chi connectivity index (χ1v) is 10.6. The van der Waals surface area contributed by atoms with E-state index in [1.807, 2.05) is 6.07 Å². The summed E-state index contributed by atoms with van der Waals surface area (Å²) in [7, 11) is 1.57. The summed E-state index contributed by atoms with van der Waals surface area (Å²) in [5.41, 5.74) is 0.296. The Bertz CT molecular complexity index is 826. The van der Waals surface area contributed by atoms with E-state index < -0.39 is 11.6 Å². The minimum atomic E-state index is -0.840. The maximum atomic E-state index is 13.9. The van der Waals surface area contributed by atoms with Crippen LogP contribution >= 0.6 is 11.8 Å². The summed E-state index contributed by atoms with van der Waals surface area (Å²) in [6.07, 6.45) is 4.77. The van der Waals surface area contributed by atoms with Crippen molar-refractivity contribution in [2.45, 2.75) is 48.7 Å². The van der Waals surface area contributed by atoms with Crippen LogP contribution in [0.5, 0.6) is 5.88 Å². The molecule has 1 aromatic carbocycles. The summed E-state index contributed by atoms with van der Waals surface area (Å²) in [5.74, 6) is -0.107. The third kappa shape index (κ3) is 4.72. The van der Waals surface area contributed by atoms with E-state index in [0.29, 0.717) is 22.6 Å². The maximum absolute atomic E-state index is 13.9. The molecule has 2 aromatic rings. The van der Waals surface area contributed by atoms with Crippen LogP contribution in [0.4, 0.5) is 14.6 Å². The van der Waals surface area contributed by atoms with Gasteiger partial charge in [-0.2, -0.15) is 4.98 Å². The van der Waals surface area contributed by atoms with Gasteiger partial charge in [0.2, 0.25) is 5.88 Å². The van der Waals surface area contributed by atoms with E-state index in [1.165, 1.54) is 30.7 Å². The molecule has 0 unspecified atom stereocenters. The van der Waals surface area contributed by atoms with Gasteiger partial charge in [-0.25, -0.2) is 13.8 Å². The smallest absolute Gasteiger partial charge is 0.219 e. The minimum Gasteiger partial charge on any atom is -0.481 e. The third-order valence-electron chi connectivity index (χ3n) is 5.13. The molecule has 28 heavy (non-hydrogen) atoms. The Hall–Kier alpha value is -1.93. The number of anilines is 1. The molecule has 8 heteroatoms. The molecule has 2 heterocycles. The summed E-state index contributed by atoms with van der Waals surface area (Å²) in [4.78, 5) is 11.2. The summed E-state index contributed by atoms with van der Waals surface area (Å²) in [6.45, 7) is 1.85. The number of nitrogens with one attached hydrogen (secondary N) is 1. The van der Waals surface area contributed by atoms with Crippen LogP contribution in [0.1, 0.15) is 31.2 Å². The molecule has 0 bridgehead atoms. The van der Waals surface area contributed by atoms with Crippen molar-refractivity contribution in [1.82, 2.24) is 15.3 Å². The van der Waals surface area contributed by atoms with Crippen LogP contribution in [0, 0.1) is 11.6 Å². The van der Waals surface area contributed by atoms with E-state index in [9.17, 15) is 8.78 Å². The largest absolute Gasteiger partial charge is 0.481 e. The Morgan fingerprint density at radius 2 is 1.89 bits per heavy atom. The molecule has 1 N–H and O–H groups in total. The standard InChI is InChI=1S/C20H24F2N4OS/c1-27-18-11-17(26-9-7-15(8-10-26)23-14-5-6-14)24-20(25-18)28-12-13-3-2-4-16(21)19(13)22/h2-4,11,14-15,23H,5-10,12H2,1H3. The number of hydrogen-bond donors (Lipinski definition) is 1. The topological polar surface area (TPSA) is 50.3 Å². The zero-order valence-corrected chi connectivity index (χ0v) is 16.6. The van der Waals surface area contributed by atoms with Gasteiger partial charge in [-0.15, -0.1) is 0 Å². The van der Waals surface area contributed by atoms with E-state index in [-0.39, 0.29) is 5.75 Å². The van der Waals surface area contributed by atoms with Gasteiger partial charge in [0.1, 0.15) is 5.82 Å². The highest BCUT2D eigenvalue weighted by molar-refractivity contribution is 7.98. The van der Waals surface area contributed by atoms with E-state index in [1.54, 1.807) is 13.2 Å². The molecule has 0 amide bonds. The Labute approximate surface area is 167 Å². The van der Waals surface area contributed by atoms with Crippen molar-refractivity contribution in [2.75, 3.05) is 25.1 Å². The zero-order chi connectivity index (χ0) is 19.5. The highest BCUT2D eigenvalue weighted by Gasteiger charge is 2.27. The Morgan fingerprint density at radius 3 is 2.61 bits per heavy atom. The molecule has 5 nitrogen and oxygen atoms in total. The summed E-state index contributed by atoms with van der Waals surface area (Å²) < 4.78 is 32.6. The van der Waals surface area contributed by atoms with Gasteiger partial charge in [0.15, 0.2) is 16.8 Å². The van der Waals surface area contributed by atoms with Crippen LogP contribution in [0.25, 0.3) is 0 Å². The van der Waals surface area contributed by atoms with Crippen LogP contribution in [-0.2, 0) is 5.75 Å². The molecule has 0 atom stereocenters. The molecule has 2 aliphatic rings.